The predicted molar refractivity (Wildman–Crippen MR) is 79.6 cm³/mol. The van der Waals surface area contributed by atoms with Crippen LogP contribution < -0.4 is 14.8 Å². The second kappa shape index (κ2) is 6.60. The van der Waals surface area contributed by atoms with E-state index < -0.39 is 5.91 Å². The topological polar surface area (TPSA) is 73.3 Å². The van der Waals surface area contributed by atoms with Crippen LogP contribution in [0.4, 0.5) is 5.69 Å². The molecule has 8 heteroatoms. The van der Waals surface area contributed by atoms with Gasteiger partial charge in [-0.3, -0.25) is 4.79 Å². The van der Waals surface area contributed by atoms with Crippen molar-refractivity contribution in [2.75, 3.05) is 19.5 Å². The third-order valence-corrected chi connectivity index (χ3v) is 3.04. The maximum absolute atomic E-state index is 12.2. The number of methoxy groups -OCH3 is 2. The summed E-state index contributed by atoms with van der Waals surface area (Å²) < 4.78 is 10.3. The van der Waals surface area contributed by atoms with E-state index in [1.165, 1.54) is 20.3 Å². The fourth-order valence-electron chi connectivity index (χ4n) is 1.59. The number of carbonyl (C=O) groups is 1. The summed E-state index contributed by atoms with van der Waals surface area (Å²) in [7, 11) is 3.04. The van der Waals surface area contributed by atoms with Gasteiger partial charge in [-0.1, -0.05) is 23.2 Å². The Hall–Kier alpha value is -2.05. The minimum absolute atomic E-state index is 0.0354. The minimum Gasteiger partial charge on any atom is -0.497 e. The summed E-state index contributed by atoms with van der Waals surface area (Å²) in [5.74, 6) is 0.621. The van der Waals surface area contributed by atoms with E-state index in [-0.39, 0.29) is 15.9 Å². The minimum atomic E-state index is -0.466. The van der Waals surface area contributed by atoms with Crippen molar-refractivity contribution in [1.82, 2.24) is 10.2 Å². The Bertz CT molecular complexity index is 657. The molecule has 1 N–H and O–H groups in total. The molecule has 0 radical (unpaired) electrons. The molecule has 0 saturated heterocycles. The van der Waals surface area contributed by atoms with E-state index in [4.69, 9.17) is 32.7 Å². The number of nitrogens with zero attached hydrogens (tertiary/aromatic N) is 2. The highest BCUT2D eigenvalue weighted by Gasteiger charge is 2.14. The first-order valence-electron chi connectivity index (χ1n) is 5.76. The fraction of sp³-hybridized carbons (Fsp3) is 0.154. The van der Waals surface area contributed by atoms with Crippen molar-refractivity contribution in [1.29, 1.82) is 0 Å². The van der Waals surface area contributed by atoms with Crippen molar-refractivity contribution in [3.63, 3.8) is 0 Å². The van der Waals surface area contributed by atoms with Gasteiger partial charge in [0.1, 0.15) is 11.5 Å². The smallest absolute Gasteiger partial charge is 0.258 e. The molecule has 2 rings (SSSR count). The number of ether oxygens (including phenoxy) is 2. The van der Waals surface area contributed by atoms with E-state index in [0.29, 0.717) is 17.2 Å². The van der Waals surface area contributed by atoms with E-state index in [0.717, 1.165) is 0 Å². The molecule has 0 atom stereocenters. The number of hydrogen-bond donors (Lipinski definition) is 1. The van der Waals surface area contributed by atoms with Crippen molar-refractivity contribution in [2.45, 2.75) is 0 Å². The van der Waals surface area contributed by atoms with Crippen molar-refractivity contribution >= 4 is 34.8 Å². The lowest BCUT2D eigenvalue weighted by Gasteiger charge is -2.10. The van der Waals surface area contributed by atoms with Crippen LogP contribution in [-0.4, -0.2) is 30.3 Å². The Morgan fingerprint density at radius 2 is 1.67 bits per heavy atom. The third kappa shape index (κ3) is 3.74. The lowest BCUT2D eigenvalue weighted by atomic mass is 10.2. The van der Waals surface area contributed by atoms with E-state index >= 15 is 0 Å². The average molecular weight is 328 g/mol. The van der Waals surface area contributed by atoms with Crippen LogP contribution in [0.25, 0.3) is 0 Å². The summed E-state index contributed by atoms with van der Waals surface area (Å²) in [6, 6.07) is 6.31. The number of carbonyl (C=O) groups excluding carboxylic acids is 1. The zero-order chi connectivity index (χ0) is 15.4. The lowest BCUT2D eigenvalue weighted by Crippen LogP contribution is -2.13. The number of amides is 1. The Morgan fingerprint density at radius 3 is 2.24 bits per heavy atom. The number of hydrogen-bond acceptors (Lipinski definition) is 5. The Labute approximate surface area is 131 Å². The van der Waals surface area contributed by atoms with Crippen LogP contribution in [0.2, 0.25) is 10.3 Å². The zero-order valence-corrected chi connectivity index (χ0v) is 12.7. The quantitative estimate of drug-likeness (QED) is 0.934. The van der Waals surface area contributed by atoms with Crippen LogP contribution in [0.1, 0.15) is 10.4 Å². The largest absolute Gasteiger partial charge is 0.497 e. The first-order valence-corrected chi connectivity index (χ1v) is 6.52. The summed E-state index contributed by atoms with van der Waals surface area (Å²) >= 11 is 11.5. The van der Waals surface area contributed by atoms with Gasteiger partial charge in [-0.15, -0.1) is 10.2 Å². The maximum Gasteiger partial charge on any atom is 0.258 e. The monoisotopic (exact) mass is 327 g/mol. The van der Waals surface area contributed by atoms with Crippen molar-refractivity contribution in [2.24, 2.45) is 0 Å². The van der Waals surface area contributed by atoms with Gasteiger partial charge in [0.15, 0.2) is 10.3 Å². The number of aromatic nitrogens is 2. The molecule has 0 fully saturated rings. The standard InChI is InChI=1S/C13H11Cl2N3O3/c1-20-8-3-7(4-9(5-8)21-2)16-13(19)10-6-11(14)17-18-12(10)15/h3-6H,1-2H3,(H,16,19). The summed E-state index contributed by atoms with van der Waals surface area (Å²) in [5, 5.41) is 9.84. The van der Waals surface area contributed by atoms with Gasteiger partial charge in [0.2, 0.25) is 0 Å². The third-order valence-electron chi connectivity index (χ3n) is 2.57. The molecular weight excluding hydrogens is 317 g/mol. The molecule has 0 aliphatic heterocycles. The molecule has 21 heavy (non-hydrogen) atoms. The van der Waals surface area contributed by atoms with Crippen LogP contribution in [0, 0.1) is 0 Å². The van der Waals surface area contributed by atoms with Gasteiger partial charge in [0, 0.05) is 23.9 Å². The molecule has 110 valence electrons. The molecule has 0 spiro atoms. The lowest BCUT2D eigenvalue weighted by molar-refractivity contribution is 0.102. The summed E-state index contributed by atoms with van der Waals surface area (Å²) in [4.78, 5) is 12.2. The van der Waals surface area contributed by atoms with Crippen LogP contribution in [0.3, 0.4) is 0 Å². The first-order chi connectivity index (χ1) is 10.0. The summed E-state index contributed by atoms with van der Waals surface area (Å²) in [5.41, 5.74) is 0.610. The Morgan fingerprint density at radius 1 is 1.05 bits per heavy atom. The average Bonchev–Trinajstić information content (AvgIpc) is 2.49. The van der Waals surface area contributed by atoms with Gasteiger partial charge in [-0.25, -0.2) is 0 Å². The highest BCUT2D eigenvalue weighted by Crippen LogP contribution is 2.26. The number of anilines is 1. The number of nitrogens with one attached hydrogen (secondary N) is 1. The maximum atomic E-state index is 12.2. The zero-order valence-electron chi connectivity index (χ0n) is 11.2. The van der Waals surface area contributed by atoms with E-state index in [1.807, 2.05) is 0 Å². The molecule has 6 nitrogen and oxygen atoms in total. The van der Waals surface area contributed by atoms with Gasteiger partial charge in [-0.05, 0) is 6.07 Å². The van der Waals surface area contributed by atoms with E-state index in [2.05, 4.69) is 15.5 Å². The molecule has 0 saturated carbocycles. The SMILES string of the molecule is COc1cc(NC(=O)c2cc(Cl)nnc2Cl)cc(OC)c1. The van der Waals surface area contributed by atoms with Crippen LogP contribution in [0.5, 0.6) is 11.5 Å². The molecule has 1 heterocycles. The van der Waals surface area contributed by atoms with Gasteiger partial charge in [-0.2, -0.15) is 0 Å². The summed E-state index contributed by atoms with van der Waals surface area (Å²) in [6.45, 7) is 0. The number of rotatable bonds is 4. The Kier molecular flexibility index (Phi) is 4.82. The highest BCUT2D eigenvalue weighted by molar-refractivity contribution is 6.34. The van der Waals surface area contributed by atoms with Crippen molar-refractivity contribution in [3.05, 3.63) is 40.1 Å². The molecule has 1 aromatic carbocycles. The molecule has 0 aliphatic rings. The number of benzene rings is 1. The van der Waals surface area contributed by atoms with Crippen LogP contribution >= 0.6 is 23.2 Å². The second-order valence-corrected chi connectivity index (χ2v) is 4.67. The van der Waals surface area contributed by atoms with Crippen molar-refractivity contribution in [3.8, 4) is 11.5 Å². The molecule has 0 unspecified atom stereocenters. The highest BCUT2D eigenvalue weighted by atomic mass is 35.5. The van der Waals surface area contributed by atoms with Gasteiger partial charge < -0.3 is 14.8 Å². The van der Waals surface area contributed by atoms with Crippen molar-refractivity contribution < 1.29 is 14.3 Å². The normalized spacial score (nSPS) is 10.1. The van der Waals surface area contributed by atoms with Crippen LogP contribution in [-0.2, 0) is 0 Å². The molecule has 0 bridgehead atoms. The van der Waals surface area contributed by atoms with E-state index in [1.54, 1.807) is 18.2 Å². The fourth-order valence-corrected chi connectivity index (χ4v) is 1.92. The molecule has 1 amide bonds. The predicted octanol–water partition coefficient (Wildman–Crippen LogP) is 3.05. The van der Waals surface area contributed by atoms with Gasteiger partial charge in [0.05, 0.1) is 19.8 Å². The Balaban J connectivity index is 2.28. The van der Waals surface area contributed by atoms with Crippen LogP contribution in [0.15, 0.2) is 24.3 Å². The molecule has 0 aliphatic carbocycles. The molecular formula is C13H11Cl2N3O3. The molecule has 2 aromatic rings. The summed E-state index contributed by atoms with van der Waals surface area (Å²) in [6.07, 6.45) is 0. The van der Waals surface area contributed by atoms with Gasteiger partial charge >= 0.3 is 0 Å². The van der Waals surface area contributed by atoms with E-state index in [9.17, 15) is 4.79 Å². The second-order valence-electron chi connectivity index (χ2n) is 3.93. The molecule has 1 aromatic heterocycles. The van der Waals surface area contributed by atoms with Gasteiger partial charge in [0.25, 0.3) is 5.91 Å². The first kappa shape index (κ1) is 15.3. The number of halogens is 2.